The molecule has 1 aliphatic heterocycles. The van der Waals surface area contributed by atoms with Crippen molar-refractivity contribution in [2.24, 2.45) is 5.92 Å². The van der Waals surface area contributed by atoms with Gasteiger partial charge in [-0.05, 0) is 81.0 Å². The molecule has 0 aliphatic carbocycles. The third-order valence-corrected chi connectivity index (χ3v) is 8.87. The van der Waals surface area contributed by atoms with Gasteiger partial charge in [0, 0.05) is 19.0 Å². The van der Waals surface area contributed by atoms with Crippen LogP contribution in [0.5, 0.6) is 0 Å². The van der Waals surface area contributed by atoms with Crippen molar-refractivity contribution in [3.63, 3.8) is 0 Å². The molecule has 2 aromatic carbocycles. The van der Waals surface area contributed by atoms with Crippen LogP contribution in [0, 0.1) is 33.6 Å². The molecule has 1 amide bonds. The number of piperidine rings is 1. The summed E-state index contributed by atoms with van der Waals surface area (Å²) in [6.45, 7) is 8.00. The summed E-state index contributed by atoms with van der Waals surface area (Å²) in [6, 6.07) is 6.51. The van der Waals surface area contributed by atoms with Crippen LogP contribution in [0.2, 0.25) is 5.02 Å². The fraction of sp³-hybridized carbons (Fsp3) is 0.417. The van der Waals surface area contributed by atoms with Crippen LogP contribution in [0.1, 0.15) is 45.5 Å². The number of hydrogen-bond donors (Lipinski definition) is 1. The first kappa shape index (κ1) is 25.2. The smallest absolute Gasteiger partial charge is 0.337 e. The molecule has 1 saturated heterocycles. The Hall–Kier alpha value is -2.42. The molecule has 0 saturated carbocycles. The van der Waals surface area contributed by atoms with Gasteiger partial charge in [0.1, 0.15) is 0 Å². The van der Waals surface area contributed by atoms with Crippen molar-refractivity contribution in [3.05, 3.63) is 57.1 Å². The highest BCUT2D eigenvalue weighted by Crippen LogP contribution is 2.32. The summed E-state index contributed by atoms with van der Waals surface area (Å²) in [5.41, 5.74) is 4.00. The van der Waals surface area contributed by atoms with Gasteiger partial charge in [-0.25, -0.2) is 13.2 Å². The predicted octanol–water partition coefficient (Wildman–Crippen LogP) is 4.40. The molecular formula is C24H29ClN2O5S. The van der Waals surface area contributed by atoms with E-state index in [0.717, 1.165) is 22.3 Å². The lowest BCUT2D eigenvalue weighted by Crippen LogP contribution is -2.42. The molecular weight excluding hydrogens is 464 g/mol. The molecule has 33 heavy (non-hydrogen) atoms. The zero-order valence-electron chi connectivity index (χ0n) is 19.5. The van der Waals surface area contributed by atoms with Crippen molar-refractivity contribution in [2.75, 3.05) is 25.5 Å². The van der Waals surface area contributed by atoms with Gasteiger partial charge in [0.25, 0.3) is 0 Å². The highest BCUT2D eigenvalue weighted by Gasteiger charge is 2.34. The van der Waals surface area contributed by atoms with Crippen LogP contribution in [0.25, 0.3) is 0 Å². The lowest BCUT2D eigenvalue weighted by Gasteiger charge is -2.32. The van der Waals surface area contributed by atoms with Gasteiger partial charge >= 0.3 is 5.97 Å². The van der Waals surface area contributed by atoms with E-state index in [2.05, 4.69) is 5.32 Å². The molecule has 7 nitrogen and oxygen atoms in total. The van der Waals surface area contributed by atoms with Crippen LogP contribution >= 0.6 is 11.6 Å². The molecule has 9 heteroatoms. The summed E-state index contributed by atoms with van der Waals surface area (Å²) < 4.78 is 33.1. The van der Waals surface area contributed by atoms with E-state index in [-0.39, 0.29) is 30.5 Å². The zero-order valence-corrected chi connectivity index (χ0v) is 21.1. The van der Waals surface area contributed by atoms with Crippen LogP contribution in [0.15, 0.2) is 29.2 Å². The second-order valence-corrected chi connectivity index (χ2v) is 10.7. The number of rotatable bonds is 5. The van der Waals surface area contributed by atoms with Crippen LogP contribution in [-0.4, -0.2) is 44.8 Å². The highest BCUT2D eigenvalue weighted by molar-refractivity contribution is 7.89. The Labute approximate surface area is 200 Å². The van der Waals surface area contributed by atoms with E-state index < -0.39 is 16.0 Å². The molecule has 1 fully saturated rings. The Bertz CT molecular complexity index is 1180. The van der Waals surface area contributed by atoms with Gasteiger partial charge in [-0.15, -0.1) is 0 Å². The quantitative estimate of drug-likeness (QED) is 0.624. The van der Waals surface area contributed by atoms with Crippen molar-refractivity contribution in [1.82, 2.24) is 4.31 Å². The number of hydrogen-bond acceptors (Lipinski definition) is 5. The maximum atomic E-state index is 13.4. The van der Waals surface area contributed by atoms with E-state index in [1.807, 2.05) is 33.8 Å². The Kier molecular flexibility index (Phi) is 7.51. The third-order valence-electron chi connectivity index (χ3n) is 6.37. The highest BCUT2D eigenvalue weighted by atomic mass is 35.5. The molecule has 0 atom stereocenters. The van der Waals surface area contributed by atoms with E-state index in [1.165, 1.54) is 29.6 Å². The number of nitrogens with zero attached hydrogens (tertiary/aromatic N) is 1. The molecule has 3 rings (SSSR count). The number of nitrogens with one attached hydrogen (secondary N) is 1. The second kappa shape index (κ2) is 9.83. The van der Waals surface area contributed by atoms with E-state index in [0.29, 0.717) is 28.4 Å². The molecule has 1 N–H and O–H groups in total. The fourth-order valence-corrected chi connectivity index (χ4v) is 6.37. The maximum Gasteiger partial charge on any atom is 0.337 e. The van der Waals surface area contributed by atoms with Crippen LogP contribution in [-0.2, 0) is 19.6 Å². The molecule has 2 aromatic rings. The number of sulfonamides is 1. The Morgan fingerprint density at radius 1 is 1.03 bits per heavy atom. The van der Waals surface area contributed by atoms with Crippen LogP contribution in [0.4, 0.5) is 5.69 Å². The second-order valence-electron chi connectivity index (χ2n) is 8.44. The molecule has 0 bridgehead atoms. The van der Waals surface area contributed by atoms with Crippen molar-refractivity contribution in [2.45, 2.75) is 45.4 Å². The van der Waals surface area contributed by atoms with Crippen molar-refractivity contribution >= 4 is 39.2 Å². The summed E-state index contributed by atoms with van der Waals surface area (Å²) in [7, 11) is -2.40. The number of halogens is 1. The van der Waals surface area contributed by atoms with Crippen LogP contribution in [0.3, 0.4) is 0 Å². The Balaban J connectivity index is 1.73. The number of carbonyl (C=O) groups is 2. The number of carbonyl (C=O) groups excluding carboxylic acids is 2. The molecule has 0 spiro atoms. The molecule has 1 heterocycles. The average Bonchev–Trinajstić information content (AvgIpc) is 2.78. The summed E-state index contributed by atoms with van der Waals surface area (Å²) in [6.07, 6.45) is 0.782. The molecule has 0 radical (unpaired) electrons. The summed E-state index contributed by atoms with van der Waals surface area (Å²) in [5.74, 6) is -1.15. The van der Waals surface area contributed by atoms with Gasteiger partial charge in [0.15, 0.2) is 0 Å². The Morgan fingerprint density at radius 3 is 2.15 bits per heavy atom. The van der Waals surface area contributed by atoms with Gasteiger partial charge in [-0.2, -0.15) is 4.31 Å². The number of benzene rings is 2. The zero-order chi connectivity index (χ0) is 24.5. The first-order valence-corrected chi connectivity index (χ1v) is 12.6. The van der Waals surface area contributed by atoms with Gasteiger partial charge in [-0.3, -0.25) is 4.79 Å². The maximum absolute atomic E-state index is 13.4. The van der Waals surface area contributed by atoms with E-state index >= 15 is 0 Å². The predicted molar refractivity (Wildman–Crippen MR) is 128 cm³/mol. The van der Waals surface area contributed by atoms with Crippen LogP contribution < -0.4 is 5.32 Å². The Morgan fingerprint density at radius 2 is 1.61 bits per heavy atom. The SMILES string of the molecule is COC(=O)c1ccc(Cl)c(NC(=O)C2CCN(S(=O)(=O)c3c(C)c(C)cc(C)c3C)CC2)c1. The van der Waals surface area contributed by atoms with Gasteiger partial charge < -0.3 is 10.1 Å². The lowest BCUT2D eigenvalue weighted by atomic mass is 9.97. The largest absolute Gasteiger partial charge is 0.465 e. The molecule has 0 unspecified atom stereocenters. The molecule has 0 aromatic heterocycles. The number of aryl methyl sites for hydroxylation is 2. The molecule has 1 aliphatic rings. The number of ether oxygens (including phenoxy) is 1. The van der Waals surface area contributed by atoms with Crippen molar-refractivity contribution < 1.29 is 22.7 Å². The van der Waals surface area contributed by atoms with E-state index in [4.69, 9.17) is 16.3 Å². The van der Waals surface area contributed by atoms with E-state index in [9.17, 15) is 18.0 Å². The van der Waals surface area contributed by atoms with Crippen molar-refractivity contribution in [3.8, 4) is 0 Å². The summed E-state index contributed by atoms with van der Waals surface area (Å²) in [5, 5.41) is 3.07. The standard InChI is InChI=1S/C24H29ClN2O5S/c1-14-12-15(2)17(4)22(16(14)3)33(30,31)27-10-8-18(9-11-27)23(28)26-21-13-19(24(29)32-5)6-7-20(21)25/h6-7,12-13,18H,8-11H2,1-5H3,(H,26,28). The summed E-state index contributed by atoms with van der Waals surface area (Å²) >= 11 is 6.18. The minimum Gasteiger partial charge on any atom is -0.465 e. The van der Waals surface area contributed by atoms with E-state index in [1.54, 1.807) is 0 Å². The number of anilines is 1. The fourth-order valence-electron chi connectivity index (χ4n) is 4.16. The average molecular weight is 493 g/mol. The minimum absolute atomic E-state index is 0.252. The topological polar surface area (TPSA) is 92.8 Å². The number of esters is 1. The van der Waals surface area contributed by atoms with Gasteiger partial charge in [0.05, 0.1) is 28.3 Å². The first-order chi connectivity index (χ1) is 15.5. The molecule has 178 valence electrons. The van der Waals surface area contributed by atoms with Gasteiger partial charge in [0.2, 0.25) is 15.9 Å². The lowest BCUT2D eigenvalue weighted by molar-refractivity contribution is -0.120. The summed E-state index contributed by atoms with van der Waals surface area (Å²) in [4.78, 5) is 25.0. The van der Waals surface area contributed by atoms with Gasteiger partial charge in [-0.1, -0.05) is 17.7 Å². The number of methoxy groups -OCH3 is 1. The number of amides is 1. The van der Waals surface area contributed by atoms with Crippen molar-refractivity contribution in [1.29, 1.82) is 0 Å². The monoisotopic (exact) mass is 492 g/mol. The normalized spacial score (nSPS) is 15.3. The first-order valence-electron chi connectivity index (χ1n) is 10.7. The minimum atomic E-state index is -3.67. The third kappa shape index (κ3) is 5.08.